The highest BCUT2D eigenvalue weighted by Crippen LogP contribution is 2.31. The molecular formula is C14H18N2OS. The van der Waals surface area contributed by atoms with E-state index < -0.39 is 0 Å². The van der Waals surface area contributed by atoms with Gasteiger partial charge >= 0.3 is 0 Å². The third-order valence-corrected chi connectivity index (χ3v) is 4.23. The summed E-state index contributed by atoms with van der Waals surface area (Å²) in [5, 5.41) is 18.6. The van der Waals surface area contributed by atoms with Crippen LogP contribution in [0.1, 0.15) is 18.4 Å². The second kappa shape index (κ2) is 6.12. The molecule has 1 aliphatic rings. The first-order valence-electron chi connectivity index (χ1n) is 6.23. The Hall–Kier alpha value is -1.18. The highest BCUT2D eigenvalue weighted by atomic mass is 32.2. The summed E-state index contributed by atoms with van der Waals surface area (Å²) in [5.41, 5.74) is 1.78. The van der Waals surface area contributed by atoms with Crippen molar-refractivity contribution in [3.8, 4) is 6.07 Å². The molecule has 0 bridgehead atoms. The zero-order valence-corrected chi connectivity index (χ0v) is 11.4. The number of hydrogen-bond acceptors (Lipinski definition) is 4. The van der Waals surface area contributed by atoms with Crippen molar-refractivity contribution < 1.29 is 5.11 Å². The van der Waals surface area contributed by atoms with Gasteiger partial charge in [-0.25, -0.2) is 0 Å². The van der Waals surface area contributed by atoms with Crippen LogP contribution in [0.4, 0.5) is 5.69 Å². The number of nitrogens with zero attached hydrogens (tertiary/aromatic N) is 2. The molecule has 1 saturated heterocycles. The minimum Gasteiger partial charge on any atom is -0.396 e. The summed E-state index contributed by atoms with van der Waals surface area (Å²) in [6.45, 7) is 2.06. The third-order valence-electron chi connectivity index (χ3n) is 3.45. The summed E-state index contributed by atoms with van der Waals surface area (Å²) in [6.07, 6.45) is 4.16. The van der Waals surface area contributed by atoms with Crippen molar-refractivity contribution in [2.24, 2.45) is 5.92 Å². The van der Waals surface area contributed by atoms with Crippen LogP contribution in [0.3, 0.4) is 0 Å². The highest BCUT2D eigenvalue weighted by molar-refractivity contribution is 7.98. The first-order chi connectivity index (χ1) is 8.80. The van der Waals surface area contributed by atoms with Crippen LogP contribution in [-0.4, -0.2) is 31.1 Å². The summed E-state index contributed by atoms with van der Waals surface area (Å²) in [6, 6.07) is 8.32. The summed E-state index contributed by atoms with van der Waals surface area (Å²) >= 11 is 1.61. The molecule has 0 saturated carbocycles. The Bertz CT molecular complexity index is 456. The maximum atomic E-state index is 9.34. The van der Waals surface area contributed by atoms with Gasteiger partial charge in [0, 0.05) is 24.6 Å². The lowest BCUT2D eigenvalue weighted by atomic mass is 9.98. The molecule has 0 amide bonds. The molecule has 1 atom stereocenters. The molecule has 0 radical (unpaired) electrons. The van der Waals surface area contributed by atoms with E-state index in [4.69, 9.17) is 0 Å². The van der Waals surface area contributed by atoms with Crippen molar-refractivity contribution in [3.05, 3.63) is 23.8 Å². The lowest BCUT2D eigenvalue weighted by Gasteiger charge is -2.34. The van der Waals surface area contributed by atoms with Crippen molar-refractivity contribution in [1.29, 1.82) is 5.26 Å². The van der Waals surface area contributed by atoms with Crippen molar-refractivity contribution in [3.63, 3.8) is 0 Å². The van der Waals surface area contributed by atoms with Gasteiger partial charge in [0.15, 0.2) is 0 Å². The molecule has 3 nitrogen and oxygen atoms in total. The number of anilines is 1. The van der Waals surface area contributed by atoms with E-state index in [1.807, 2.05) is 24.5 Å². The molecule has 18 heavy (non-hydrogen) atoms. The standard InChI is InChI=1S/C14H18N2OS/c1-18-14-6-2-5-13(12(14)8-15)16-7-3-4-11(9-16)10-17/h2,5-6,11,17H,3-4,7,9-10H2,1H3. The predicted octanol–water partition coefficient (Wildman–Crippen LogP) is 2.49. The Morgan fingerprint density at radius 1 is 1.56 bits per heavy atom. The van der Waals surface area contributed by atoms with Gasteiger partial charge in [0.1, 0.15) is 6.07 Å². The van der Waals surface area contributed by atoms with E-state index in [0.717, 1.165) is 42.1 Å². The van der Waals surface area contributed by atoms with Gasteiger partial charge in [-0.2, -0.15) is 5.26 Å². The number of piperidine rings is 1. The van der Waals surface area contributed by atoms with Crippen LogP contribution in [0, 0.1) is 17.2 Å². The van der Waals surface area contributed by atoms with Crippen LogP contribution in [0.15, 0.2) is 23.1 Å². The molecule has 1 aliphatic heterocycles. The van der Waals surface area contributed by atoms with Crippen LogP contribution in [0.2, 0.25) is 0 Å². The summed E-state index contributed by atoms with van der Waals surface area (Å²) in [5.74, 6) is 0.336. The normalized spacial score (nSPS) is 19.6. The smallest absolute Gasteiger partial charge is 0.103 e. The van der Waals surface area contributed by atoms with Gasteiger partial charge in [-0.05, 0) is 37.1 Å². The number of nitriles is 1. The second-order valence-electron chi connectivity index (χ2n) is 4.60. The molecular weight excluding hydrogens is 244 g/mol. The molecule has 0 aromatic heterocycles. The Labute approximate surface area is 112 Å². The molecule has 1 N–H and O–H groups in total. The summed E-state index contributed by atoms with van der Waals surface area (Å²) < 4.78 is 0. The molecule has 0 aliphatic carbocycles. The van der Waals surface area contributed by atoms with Crippen LogP contribution in [0.5, 0.6) is 0 Å². The Balaban J connectivity index is 2.30. The Morgan fingerprint density at radius 3 is 3.06 bits per heavy atom. The van der Waals surface area contributed by atoms with E-state index in [-0.39, 0.29) is 6.61 Å². The van der Waals surface area contributed by atoms with Crippen molar-refractivity contribution >= 4 is 17.4 Å². The van der Waals surface area contributed by atoms with Crippen molar-refractivity contribution in [1.82, 2.24) is 0 Å². The molecule has 0 spiro atoms. The van der Waals surface area contributed by atoms with Gasteiger partial charge in [-0.3, -0.25) is 0 Å². The molecule has 1 unspecified atom stereocenters. The zero-order chi connectivity index (χ0) is 13.0. The van der Waals surface area contributed by atoms with Crippen LogP contribution >= 0.6 is 11.8 Å². The van der Waals surface area contributed by atoms with Crippen molar-refractivity contribution in [2.45, 2.75) is 17.7 Å². The molecule has 4 heteroatoms. The van der Waals surface area contributed by atoms with E-state index in [1.54, 1.807) is 11.8 Å². The maximum absolute atomic E-state index is 9.34. The quantitative estimate of drug-likeness (QED) is 0.850. The van der Waals surface area contributed by atoms with E-state index in [0.29, 0.717) is 5.92 Å². The Morgan fingerprint density at radius 2 is 2.39 bits per heavy atom. The second-order valence-corrected chi connectivity index (χ2v) is 5.45. The highest BCUT2D eigenvalue weighted by Gasteiger charge is 2.22. The van der Waals surface area contributed by atoms with Crippen molar-refractivity contribution in [2.75, 3.05) is 30.9 Å². The summed E-state index contributed by atoms with van der Waals surface area (Å²) in [4.78, 5) is 3.27. The average Bonchev–Trinajstić information content (AvgIpc) is 2.46. The van der Waals surface area contributed by atoms with Gasteiger partial charge < -0.3 is 10.0 Å². The topological polar surface area (TPSA) is 47.3 Å². The number of rotatable bonds is 3. The van der Waals surface area contributed by atoms with Crippen LogP contribution in [0.25, 0.3) is 0 Å². The zero-order valence-electron chi connectivity index (χ0n) is 10.6. The fourth-order valence-electron chi connectivity index (χ4n) is 2.50. The average molecular weight is 262 g/mol. The monoisotopic (exact) mass is 262 g/mol. The van der Waals surface area contributed by atoms with Gasteiger partial charge in [-0.1, -0.05) is 6.07 Å². The molecule has 1 fully saturated rings. The van der Waals surface area contributed by atoms with Gasteiger partial charge in [0.2, 0.25) is 0 Å². The lowest BCUT2D eigenvalue weighted by Crippen LogP contribution is -2.37. The van der Waals surface area contributed by atoms with E-state index in [1.165, 1.54) is 0 Å². The number of aliphatic hydroxyl groups excluding tert-OH is 1. The number of hydrogen-bond donors (Lipinski definition) is 1. The fraction of sp³-hybridized carbons (Fsp3) is 0.500. The number of aliphatic hydroxyl groups is 1. The minimum absolute atomic E-state index is 0.237. The van der Waals surface area contributed by atoms with Gasteiger partial charge in [0.25, 0.3) is 0 Å². The first-order valence-corrected chi connectivity index (χ1v) is 7.45. The van der Waals surface area contributed by atoms with Crippen LogP contribution in [-0.2, 0) is 0 Å². The number of thioether (sulfide) groups is 1. The third kappa shape index (κ3) is 2.63. The largest absolute Gasteiger partial charge is 0.396 e. The van der Waals surface area contributed by atoms with E-state index in [2.05, 4.69) is 11.0 Å². The molecule has 1 aromatic rings. The SMILES string of the molecule is CSc1cccc(N2CCCC(CO)C2)c1C#N. The Kier molecular flexibility index (Phi) is 4.51. The van der Waals surface area contributed by atoms with E-state index in [9.17, 15) is 10.4 Å². The van der Waals surface area contributed by atoms with Crippen LogP contribution < -0.4 is 4.90 Å². The molecule has 96 valence electrons. The molecule has 2 rings (SSSR count). The van der Waals surface area contributed by atoms with E-state index >= 15 is 0 Å². The fourth-order valence-corrected chi connectivity index (χ4v) is 3.07. The summed E-state index contributed by atoms with van der Waals surface area (Å²) in [7, 11) is 0. The maximum Gasteiger partial charge on any atom is 0.103 e. The lowest BCUT2D eigenvalue weighted by molar-refractivity contribution is 0.208. The minimum atomic E-state index is 0.237. The van der Waals surface area contributed by atoms with Gasteiger partial charge in [0.05, 0.1) is 11.3 Å². The molecule has 1 heterocycles. The number of benzene rings is 1. The first kappa shape index (κ1) is 13.3. The van der Waals surface area contributed by atoms with Gasteiger partial charge in [-0.15, -0.1) is 11.8 Å². The predicted molar refractivity (Wildman–Crippen MR) is 75.0 cm³/mol. The molecule has 1 aromatic carbocycles.